The Hall–Kier alpha value is -2.28. The molecule has 1 saturated heterocycles. The number of nitrogens with zero attached hydrogens (tertiary/aromatic N) is 4. The molecule has 2 aromatic rings. The molecular weight excluding hydrogens is 342 g/mol. The molecule has 7 heteroatoms. The number of carbonyl (C=O) groups excluding carboxylic acids is 1. The van der Waals surface area contributed by atoms with Gasteiger partial charge in [0.2, 0.25) is 5.91 Å². The van der Waals surface area contributed by atoms with Crippen LogP contribution in [0, 0.1) is 6.92 Å². The number of carbonyl (C=O) groups is 1. The Kier molecular flexibility index (Phi) is 5.48. The molecule has 1 unspecified atom stereocenters. The molecular formula is C20H27N5O2. The fourth-order valence-corrected chi connectivity index (χ4v) is 4.05. The van der Waals surface area contributed by atoms with E-state index in [1.165, 1.54) is 0 Å². The number of hydrogen-bond donors (Lipinski definition) is 1. The highest BCUT2D eigenvalue weighted by Gasteiger charge is 2.26. The van der Waals surface area contributed by atoms with Crippen LogP contribution in [0.1, 0.15) is 54.5 Å². The molecule has 144 valence electrons. The van der Waals surface area contributed by atoms with Crippen LogP contribution in [0.5, 0.6) is 0 Å². The predicted molar refractivity (Wildman–Crippen MR) is 100 cm³/mol. The molecule has 2 aliphatic heterocycles. The fourth-order valence-electron chi connectivity index (χ4n) is 4.05. The molecule has 7 nitrogen and oxygen atoms in total. The Morgan fingerprint density at radius 1 is 1.26 bits per heavy atom. The second kappa shape index (κ2) is 8.17. The average Bonchev–Trinajstić information content (AvgIpc) is 2.99. The Balaban J connectivity index is 1.36. The zero-order chi connectivity index (χ0) is 18.6. The van der Waals surface area contributed by atoms with Crippen LogP contribution >= 0.6 is 0 Å². The van der Waals surface area contributed by atoms with Crippen LogP contribution < -0.4 is 5.32 Å². The first-order valence-electron chi connectivity index (χ1n) is 9.90. The van der Waals surface area contributed by atoms with Crippen LogP contribution in [0.4, 0.5) is 0 Å². The third-order valence-corrected chi connectivity index (χ3v) is 5.67. The molecule has 1 fully saturated rings. The first kappa shape index (κ1) is 18.1. The lowest BCUT2D eigenvalue weighted by atomic mass is 9.99. The maximum absolute atomic E-state index is 12.5. The summed E-state index contributed by atoms with van der Waals surface area (Å²) >= 11 is 0. The van der Waals surface area contributed by atoms with Crippen molar-refractivity contribution in [2.45, 2.75) is 64.0 Å². The third kappa shape index (κ3) is 4.18. The van der Waals surface area contributed by atoms with Gasteiger partial charge < -0.3 is 14.6 Å². The summed E-state index contributed by atoms with van der Waals surface area (Å²) in [6.07, 6.45) is 6.77. The minimum atomic E-state index is 0.0455. The number of nitrogens with one attached hydrogen (secondary N) is 1. The molecule has 4 rings (SSSR count). The molecule has 0 aliphatic carbocycles. The average molecular weight is 369 g/mol. The zero-order valence-corrected chi connectivity index (χ0v) is 15.9. The van der Waals surface area contributed by atoms with Crippen LogP contribution in [0.25, 0.3) is 0 Å². The van der Waals surface area contributed by atoms with E-state index in [2.05, 4.69) is 25.1 Å². The number of fused-ring (bicyclic) bond motifs is 1. The van der Waals surface area contributed by atoms with Gasteiger partial charge in [0.15, 0.2) is 0 Å². The van der Waals surface area contributed by atoms with Gasteiger partial charge in [-0.15, -0.1) is 10.2 Å². The first-order chi connectivity index (χ1) is 13.2. The van der Waals surface area contributed by atoms with Gasteiger partial charge in [0.05, 0.1) is 12.1 Å². The molecule has 4 heterocycles. The Labute approximate surface area is 159 Å². The molecule has 1 N–H and O–H groups in total. The number of aryl methyl sites for hydroxylation is 2. The van der Waals surface area contributed by atoms with E-state index in [9.17, 15) is 4.79 Å². The summed E-state index contributed by atoms with van der Waals surface area (Å²) in [6.45, 7) is 4.46. The maximum atomic E-state index is 12.5. The van der Waals surface area contributed by atoms with Crippen LogP contribution in [-0.4, -0.2) is 44.9 Å². The zero-order valence-electron chi connectivity index (χ0n) is 15.9. The van der Waals surface area contributed by atoms with Crippen LogP contribution in [-0.2, 0) is 28.9 Å². The number of pyridine rings is 1. The monoisotopic (exact) mass is 369 g/mol. The van der Waals surface area contributed by atoms with Crippen molar-refractivity contribution in [2.75, 3.05) is 13.2 Å². The van der Waals surface area contributed by atoms with E-state index in [1.807, 2.05) is 19.1 Å². The summed E-state index contributed by atoms with van der Waals surface area (Å²) in [5, 5.41) is 12.1. The fraction of sp³-hybridized carbons (Fsp3) is 0.600. The second-order valence-electron chi connectivity index (χ2n) is 7.55. The van der Waals surface area contributed by atoms with Gasteiger partial charge in [-0.1, -0.05) is 6.07 Å². The molecule has 0 radical (unpaired) electrons. The van der Waals surface area contributed by atoms with Crippen molar-refractivity contribution >= 4 is 5.91 Å². The van der Waals surface area contributed by atoms with Gasteiger partial charge in [0.1, 0.15) is 11.6 Å². The van der Waals surface area contributed by atoms with Crippen LogP contribution in [0.2, 0.25) is 0 Å². The molecule has 0 spiro atoms. The third-order valence-electron chi connectivity index (χ3n) is 5.67. The maximum Gasteiger partial charge on any atom is 0.226 e. The first-order valence-corrected chi connectivity index (χ1v) is 9.90. The van der Waals surface area contributed by atoms with Crippen molar-refractivity contribution in [3.05, 3.63) is 41.2 Å². The minimum Gasteiger partial charge on any atom is -0.381 e. The second-order valence-corrected chi connectivity index (χ2v) is 7.55. The van der Waals surface area contributed by atoms with Crippen molar-refractivity contribution in [3.63, 3.8) is 0 Å². The molecule has 2 aliphatic rings. The quantitative estimate of drug-likeness (QED) is 0.891. The summed E-state index contributed by atoms with van der Waals surface area (Å²) < 4.78 is 7.76. The van der Waals surface area contributed by atoms with E-state index in [0.29, 0.717) is 12.3 Å². The normalized spacial score (nSPS) is 20.7. The minimum absolute atomic E-state index is 0.0455. The van der Waals surface area contributed by atoms with Gasteiger partial charge in [0, 0.05) is 44.3 Å². The number of hydrogen-bond acceptors (Lipinski definition) is 5. The summed E-state index contributed by atoms with van der Waals surface area (Å²) in [5.74, 6) is 2.64. The smallest absolute Gasteiger partial charge is 0.226 e. The molecule has 1 amide bonds. The van der Waals surface area contributed by atoms with Crippen molar-refractivity contribution in [1.82, 2.24) is 25.1 Å². The van der Waals surface area contributed by atoms with Gasteiger partial charge in [-0.2, -0.15) is 0 Å². The summed E-state index contributed by atoms with van der Waals surface area (Å²) in [5.41, 5.74) is 1.91. The Morgan fingerprint density at radius 3 is 2.93 bits per heavy atom. The topological polar surface area (TPSA) is 81.9 Å². The van der Waals surface area contributed by atoms with Crippen molar-refractivity contribution in [2.24, 2.45) is 0 Å². The van der Waals surface area contributed by atoms with Crippen LogP contribution in [0.3, 0.4) is 0 Å². The number of ether oxygens (including phenoxy) is 1. The predicted octanol–water partition coefficient (Wildman–Crippen LogP) is 1.94. The molecule has 0 aromatic carbocycles. The van der Waals surface area contributed by atoms with Gasteiger partial charge in [-0.25, -0.2) is 0 Å². The molecule has 2 aromatic heterocycles. The Morgan fingerprint density at radius 2 is 2.11 bits per heavy atom. The van der Waals surface area contributed by atoms with Crippen molar-refractivity contribution < 1.29 is 9.53 Å². The highest BCUT2D eigenvalue weighted by molar-refractivity contribution is 5.78. The van der Waals surface area contributed by atoms with Crippen LogP contribution in [0.15, 0.2) is 18.3 Å². The van der Waals surface area contributed by atoms with Crippen molar-refractivity contribution in [1.29, 1.82) is 0 Å². The standard InChI is InChI=1S/C20H27N5O2/c1-14-3-2-9-21-17(14)13-19(26)22-16-4-5-18-23-24-20(25(18)10-6-16)15-7-11-27-12-8-15/h2-3,9,15-16H,4-8,10-13H2,1H3,(H,22,26). The summed E-state index contributed by atoms with van der Waals surface area (Å²) in [4.78, 5) is 16.8. The van der Waals surface area contributed by atoms with E-state index < -0.39 is 0 Å². The summed E-state index contributed by atoms with van der Waals surface area (Å²) in [7, 11) is 0. The lowest BCUT2D eigenvalue weighted by Crippen LogP contribution is -2.36. The van der Waals surface area contributed by atoms with Gasteiger partial charge >= 0.3 is 0 Å². The Bertz CT molecular complexity index is 797. The highest BCUT2D eigenvalue weighted by Crippen LogP contribution is 2.27. The molecule has 1 atom stereocenters. The molecule has 0 saturated carbocycles. The highest BCUT2D eigenvalue weighted by atomic mass is 16.5. The van der Waals surface area contributed by atoms with Gasteiger partial charge in [0.25, 0.3) is 0 Å². The number of rotatable bonds is 4. The summed E-state index contributed by atoms with van der Waals surface area (Å²) in [6, 6.07) is 4.06. The van der Waals surface area contributed by atoms with E-state index in [1.54, 1.807) is 6.20 Å². The van der Waals surface area contributed by atoms with Gasteiger partial charge in [-0.05, 0) is 44.2 Å². The van der Waals surface area contributed by atoms with Gasteiger partial charge in [-0.3, -0.25) is 9.78 Å². The lowest BCUT2D eigenvalue weighted by molar-refractivity contribution is -0.121. The van der Waals surface area contributed by atoms with E-state index in [4.69, 9.17) is 4.74 Å². The number of amides is 1. The SMILES string of the molecule is Cc1cccnc1CC(=O)NC1CCc2nnc(C3CCOCC3)n2CC1. The molecule has 0 bridgehead atoms. The van der Waals surface area contributed by atoms with E-state index >= 15 is 0 Å². The molecule has 27 heavy (non-hydrogen) atoms. The largest absolute Gasteiger partial charge is 0.381 e. The van der Waals surface area contributed by atoms with E-state index in [-0.39, 0.29) is 11.9 Å². The number of aromatic nitrogens is 4. The lowest BCUT2D eigenvalue weighted by Gasteiger charge is -2.22. The van der Waals surface area contributed by atoms with Crippen molar-refractivity contribution in [3.8, 4) is 0 Å². The van der Waals surface area contributed by atoms with E-state index in [0.717, 1.165) is 74.8 Å².